The van der Waals surface area contributed by atoms with Crippen LogP contribution in [0.5, 0.6) is 11.6 Å². The van der Waals surface area contributed by atoms with Gasteiger partial charge >= 0.3 is 0 Å². The number of aromatic nitrogens is 3. The maximum atomic E-state index is 14.2. The molecule has 0 unspecified atom stereocenters. The van der Waals surface area contributed by atoms with E-state index in [4.69, 9.17) is 4.74 Å². The molecule has 1 aliphatic heterocycles. The predicted molar refractivity (Wildman–Crippen MR) is 122 cm³/mol. The van der Waals surface area contributed by atoms with Crippen molar-refractivity contribution in [2.75, 3.05) is 38.2 Å². The van der Waals surface area contributed by atoms with E-state index in [0.29, 0.717) is 34.3 Å². The van der Waals surface area contributed by atoms with Gasteiger partial charge in [0.15, 0.2) is 11.6 Å². The predicted octanol–water partition coefficient (Wildman–Crippen LogP) is 4.00. The molecule has 0 spiro atoms. The number of thiazole rings is 1. The third-order valence-corrected chi connectivity index (χ3v) is 7.00. The van der Waals surface area contributed by atoms with Gasteiger partial charge in [0.05, 0.1) is 18.0 Å². The Kier molecular flexibility index (Phi) is 5.63. The Bertz CT molecular complexity index is 1280. The zero-order valence-electron chi connectivity index (χ0n) is 18.2. The number of fused-ring (bicyclic) bond motifs is 1. The molecule has 1 N–H and O–H groups in total. The number of aromatic hydroxyl groups is 1. The Balaban J connectivity index is 1.46. The van der Waals surface area contributed by atoms with Crippen LogP contribution in [0.1, 0.15) is 22.3 Å². The van der Waals surface area contributed by atoms with E-state index in [9.17, 15) is 13.9 Å². The van der Waals surface area contributed by atoms with Crippen molar-refractivity contribution < 1.29 is 18.6 Å². The smallest absolute Gasteiger partial charge is 0.230 e. The molecule has 1 atom stereocenters. The summed E-state index contributed by atoms with van der Waals surface area (Å²) in [5, 5.41) is 15.2. The number of aryl methyl sites for hydroxylation is 1. The van der Waals surface area contributed by atoms with Crippen molar-refractivity contribution >= 4 is 22.0 Å². The number of rotatable bonds is 5. The summed E-state index contributed by atoms with van der Waals surface area (Å²) in [6.07, 6.45) is 0. The van der Waals surface area contributed by atoms with Crippen molar-refractivity contribution in [1.82, 2.24) is 19.5 Å². The van der Waals surface area contributed by atoms with Crippen molar-refractivity contribution in [2.45, 2.75) is 13.0 Å². The third-order valence-electron chi connectivity index (χ3n) is 5.93. The molecule has 1 aliphatic rings. The summed E-state index contributed by atoms with van der Waals surface area (Å²) in [5.74, 6) is -0.477. The fourth-order valence-corrected chi connectivity index (χ4v) is 5.43. The largest absolute Gasteiger partial charge is 0.497 e. The average molecular weight is 472 g/mol. The van der Waals surface area contributed by atoms with E-state index < -0.39 is 17.7 Å². The van der Waals surface area contributed by atoms with E-state index in [-0.39, 0.29) is 5.88 Å². The molecular weight excluding hydrogens is 448 g/mol. The lowest BCUT2D eigenvalue weighted by molar-refractivity contribution is 0.210. The molecule has 2 aromatic heterocycles. The second-order valence-electron chi connectivity index (χ2n) is 7.94. The van der Waals surface area contributed by atoms with Crippen LogP contribution in [0.2, 0.25) is 0 Å². The average Bonchev–Trinajstić information content (AvgIpc) is 3.34. The number of halogens is 2. The van der Waals surface area contributed by atoms with Crippen LogP contribution < -0.4 is 9.64 Å². The molecule has 7 nitrogen and oxygen atoms in total. The SMILES string of the molecule is COc1ccc(N2CCN([C@@H](c3ccc(F)c(F)c3)c3sc4nc(C)nn4c3O)CC2)cc1. The molecule has 0 bridgehead atoms. The number of hydrogen-bond acceptors (Lipinski definition) is 7. The van der Waals surface area contributed by atoms with Crippen LogP contribution in [0, 0.1) is 18.6 Å². The van der Waals surface area contributed by atoms with Crippen LogP contribution in [0.15, 0.2) is 42.5 Å². The van der Waals surface area contributed by atoms with Crippen LogP contribution in [-0.4, -0.2) is 57.9 Å². The topological polar surface area (TPSA) is 66.1 Å². The number of anilines is 1. The van der Waals surface area contributed by atoms with Crippen LogP contribution in [-0.2, 0) is 0 Å². The first-order chi connectivity index (χ1) is 15.9. The maximum absolute atomic E-state index is 14.2. The van der Waals surface area contributed by atoms with Gasteiger partial charge in [0, 0.05) is 31.9 Å². The minimum Gasteiger partial charge on any atom is -0.497 e. The molecule has 0 radical (unpaired) electrons. The first-order valence-electron chi connectivity index (χ1n) is 10.6. The van der Waals surface area contributed by atoms with Gasteiger partial charge < -0.3 is 14.7 Å². The van der Waals surface area contributed by atoms with Crippen LogP contribution in [0.3, 0.4) is 0 Å². The Morgan fingerprint density at radius 3 is 2.39 bits per heavy atom. The maximum Gasteiger partial charge on any atom is 0.230 e. The van der Waals surface area contributed by atoms with Gasteiger partial charge in [-0.05, 0) is 48.9 Å². The van der Waals surface area contributed by atoms with Gasteiger partial charge in [0.2, 0.25) is 10.8 Å². The van der Waals surface area contributed by atoms with Gasteiger partial charge in [-0.25, -0.2) is 13.8 Å². The molecule has 3 heterocycles. The Labute approximate surface area is 193 Å². The number of benzene rings is 2. The Morgan fingerprint density at radius 2 is 1.76 bits per heavy atom. The van der Waals surface area contributed by atoms with Gasteiger partial charge in [0.25, 0.3) is 0 Å². The highest BCUT2D eigenvalue weighted by molar-refractivity contribution is 7.17. The Morgan fingerprint density at radius 1 is 1.03 bits per heavy atom. The first-order valence-corrected chi connectivity index (χ1v) is 11.4. The normalized spacial score (nSPS) is 15.8. The van der Waals surface area contributed by atoms with Gasteiger partial charge in [-0.1, -0.05) is 17.4 Å². The fraction of sp³-hybridized carbons (Fsp3) is 0.304. The number of ether oxygens (including phenoxy) is 1. The molecule has 33 heavy (non-hydrogen) atoms. The molecule has 0 aliphatic carbocycles. The molecule has 0 amide bonds. The van der Waals surface area contributed by atoms with Gasteiger partial charge in [-0.15, -0.1) is 5.10 Å². The van der Waals surface area contributed by atoms with Gasteiger partial charge in [-0.2, -0.15) is 4.52 Å². The highest BCUT2D eigenvalue weighted by atomic mass is 32.1. The van der Waals surface area contributed by atoms with Gasteiger partial charge in [-0.3, -0.25) is 4.90 Å². The van der Waals surface area contributed by atoms with E-state index in [1.165, 1.54) is 21.9 Å². The van der Waals surface area contributed by atoms with Crippen LogP contribution in [0.4, 0.5) is 14.5 Å². The number of methoxy groups -OCH3 is 1. The van der Waals surface area contributed by atoms with E-state index in [0.717, 1.165) is 30.6 Å². The third kappa shape index (κ3) is 4.00. The van der Waals surface area contributed by atoms with E-state index in [1.54, 1.807) is 20.1 Å². The van der Waals surface area contributed by atoms with Gasteiger partial charge in [0.1, 0.15) is 11.6 Å². The summed E-state index contributed by atoms with van der Waals surface area (Å²) >= 11 is 1.31. The molecular formula is C23H23F2N5O2S. The number of piperazine rings is 1. The molecule has 172 valence electrons. The second kappa shape index (κ2) is 8.60. The van der Waals surface area contributed by atoms with E-state index in [2.05, 4.69) is 19.9 Å². The zero-order valence-corrected chi connectivity index (χ0v) is 19.0. The summed E-state index contributed by atoms with van der Waals surface area (Å²) < 4.78 is 34.5. The first kappa shape index (κ1) is 21.6. The minimum atomic E-state index is -0.913. The Hall–Kier alpha value is -3.24. The zero-order chi connectivity index (χ0) is 23.1. The number of hydrogen-bond donors (Lipinski definition) is 1. The fourth-order valence-electron chi connectivity index (χ4n) is 4.27. The quantitative estimate of drug-likeness (QED) is 0.475. The van der Waals surface area contributed by atoms with Crippen LogP contribution in [0.25, 0.3) is 4.96 Å². The van der Waals surface area contributed by atoms with Crippen LogP contribution >= 0.6 is 11.3 Å². The molecule has 4 aromatic rings. The minimum absolute atomic E-state index is 0.0251. The monoisotopic (exact) mass is 471 g/mol. The molecule has 2 aromatic carbocycles. The summed E-state index contributed by atoms with van der Waals surface area (Å²) in [6, 6.07) is 11.4. The molecule has 10 heteroatoms. The lowest BCUT2D eigenvalue weighted by Gasteiger charge is -2.40. The summed E-state index contributed by atoms with van der Waals surface area (Å²) in [6.45, 7) is 4.58. The lowest BCUT2D eigenvalue weighted by Crippen LogP contribution is -2.47. The molecule has 0 saturated carbocycles. The van der Waals surface area contributed by atoms with Crippen molar-refractivity contribution in [3.8, 4) is 11.6 Å². The highest BCUT2D eigenvalue weighted by Gasteiger charge is 2.32. The van der Waals surface area contributed by atoms with Crippen molar-refractivity contribution in [1.29, 1.82) is 0 Å². The van der Waals surface area contributed by atoms with Crippen molar-refractivity contribution in [3.63, 3.8) is 0 Å². The summed E-state index contributed by atoms with van der Waals surface area (Å²) in [7, 11) is 1.64. The highest BCUT2D eigenvalue weighted by Crippen LogP contribution is 2.40. The van der Waals surface area contributed by atoms with Crippen molar-refractivity contribution in [2.24, 2.45) is 0 Å². The van der Waals surface area contributed by atoms with E-state index >= 15 is 0 Å². The molecule has 1 fully saturated rings. The molecule has 1 saturated heterocycles. The number of nitrogens with zero attached hydrogens (tertiary/aromatic N) is 5. The van der Waals surface area contributed by atoms with Crippen molar-refractivity contribution in [3.05, 3.63) is 70.4 Å². The standard InChI is InChI=1S/C23H23F2N5O2S/c1-14-26-23-30(27-14)22(31)21(33-23)20(15-3-8-18(24)19(25)13-15)29-11-9-28(10-12-29)16-4-6-17(32-2)7-5-16/h3-8,13,20,31H,9-12H2,1-2H3/t20-/m0/s1. The second-order valence-corrected chi connectivity index (χ2v) is 8.95. The molecule has 5 rings (SSSR count). The lowest BCUT2D eigenvalue weighted by atomic mass is 10.0. The summed E-state index contributed by atoms with van der Waals surface area (Å²) in [5.41, 5.74) is 1.67. The van der Waals surface area contributed by atoms with E-state index in [1.807, 2.05) is 24.3 Å². The summed E-state index contributed by atoms with van der Waals surface area (Å²) in [4.78, 5) is 9.96.